The van der Waals surface area contributed by atoms with Gasteiger partial charge in [-0.3, -0.25) is 4.79 Å². The topological polar surface area (TPSA) is 42.2 Å². The summed E-state index contributed by atoms with van der Waals surface area (Å²) in [5, 5.41) is 4.31. The number of fused-ring (bicyclic) bond motifs is 1. The molecule has 94 valence electrons. The Hall–Kier alpha value is -1.61. The molecule has 1 fully saturated rings. The Balaban J connectivity index is 1.99. The number of nitrogens with one attached hydrogen (secondary N) is 1. The lowest BCUT2D eigenvalue weighted by Gasteiger charge is -2.11. The van der Waals surface area contributed by atoms with Crippen molar-refractivity contribution in [1.29, 1.82) is 0 Å². The molecule has 2 atom stereocenters. The molecule has 1 aliphatic rings. The summed E-state index contributed by atoms with van der Waals surface area (Å²) in [6.07, 6.45) is 0.899. The molecule has 1 saturated heterocycles. The molecule has 0 bridgehead atoms. The van der Waals surface area contributed by atoms with Crippen LogP contribution in [0, 0.1) is 12.8 Å². The second-order valence-corrected chi connectivity index (χ2v) is 5.11. The molecule has 2 unspecified atom stereocenters. The van der Waals surface area contributed by atoms with Gasteiger partial charge in [-0.25, -0.2) is 0 Å². The number of carbonyl (C=O) groups is 1. The number of rotatable bonds is 2. The monoisotopic (exact) mass is 243 g/mol. The summed E-state index contributed by atoms with van der Waals surface area (Å²) >= 11 is 0. The zero-order valence-electron chi connectivity index (χ0n) is 10.7. The average Bonchev–Trinajstić information content (AvgIpc) is 2.95. The van der Waals surface area contributed by atoms with Gasteiger partial charge in [0, 0.05) is 17.3 Å². The van der Waals surface area contributed by atoms with E-state index in [4.69, 9.17) is 4.42 Å². The van der Waals surface area contributed by atoms with E-state index in [2.05, 4.69) is 12.2 Å². The number of ketones is 1. The van der Waals surface area contributed by atoms with Crippen molar-refractivity contribution in [3.05, 3.63) is 35.6 Å². The maximum atomic E-state index is 12.4. The number of hydrogen-bond acceptors (Lipinski definition) is 3. The lowest BCUT2D eigenvalue weighted by Crippen LogP contribution is -2.28. The lowest BCUT2D eigenvalue weighted by atomic mass is 9.95. The Kier molecular flexibility index (Phi) is 2.71. The van der Waals surface area contributed by atoms with Crippen molar-refractivity contribution in [2.75, 3.05) is 6.54 Å². The summed E-state index contributed by atoms with van der Waals surface area (Å²) in [6, 6.07) is 8.09. The van der Waals surface area contributed by atoms with Gasteiger partial charge in [-0.05, 0) is 38.4 Å². The first-order chi connectivity index (χ1) is 8.66. The van der Waals surface area contributed by atoms with E-state index in [-0.39, 0.29) is 17.7 Å². The highest BCUT2D eigenvalue weighted by Crippen LogP contribution is 2.27. The fourth-order valence-corrected chi connectivity index (χ4v) is 2.73. The Morgan fingerprint density at radius 1 is 1.44 bits per heavy atom. The van der Waals surface area contributed by atoms with Crippen molar-refractivity contribution in [3.63, 3.8) is 0 Å². The quantitative estimate of drug-likeness (QED) is 0.825. The van der Waals surface area contributed by atoms with Crippen molar-refractivity contribution in [2.45, 2.75) is 26.3 Å². The van der Waals surface area contributed by atoms with Crippen LogP contribution in [0.25, 0.3) is 11.0 Å². The third-order valence-electron chi connectivity index (χ3n) is 3.85. The first-order valence-electron chi connectivity index (χ1n) is 6.43. The molecule has 0 spiro atoms. The minimum atomic E-state index is 0.0471. The minimum Gasteiger partial charge on any atom is -0.453 e. The van der Waals surface area contributed by atoms with Gasteiger partial charge in [0.05, 0.1) is 0 Å². The Morgan fingerprint density at radius 2 is 2.28 bits per heavy atom. The van der Waals surface area contributed by atoms with E-state index in [1.165, 1.54) is 0 Å². The second-order valence-electron chi connectivity index (χ2n) is 5.11. The Bertz CT molecular complexity index is 600. The third kappa shape index (κ3) is 1.75. The fourth-order valence-electron chi connectivity index (χ4n) is 2.73. The number of carbonyl (C=O) groups excluding carboxylic acids is 1. The molecule has 2 heterocycles. The highest BCUT2D eigenvalue weighted by molar-refractivity contribution is 5.99. The summed E-state index contributed by atoms with van der Waals surface area (Å²) in [7, 11) is 0. The molecule has 0 saturated carbocycles. The summed E-state index contributed by atoms with van der Waals surface area (Å²) in [5.74, 6) is 0.675. The van der Waals surface area contributed by atoms with Crippen LogP contribution in [0.1, 0.15) is 29.5 Å². The van der Waals surface area contributed by atoms with E-state index < -0.39 is 0 Å². The van der Waals surface area contributed by atoms with Crippen LogP contribution in [0.4, 0.5) is 0 Å². The number of benzene rings is 1. The van der Waals surface area contributed by atoms with Crippen LogP contribution in [0.15, 0.2) is 28.7 Å². The molecule has 1 aromatic carbocycles. The minimum absolute atomic E-state index is 0.0471. The summed E-state index contributed by atoms with van der Waals surface area (Å²) < 4.78 is 5.74. The van der Waals surface area contributed by atoms with Gasteiger partial charge in [-0.2, -0.15) is 0 Å². The molecule has 3 rings (SSSR count). The molecular formula is C15H17NO2. The van der Waals surface area contributed by atoms with E-state index in [1.54, 1.807) is 0 Å². The zero-order chi connectivity index (χ0) is 12.7. The normalized spacial score (nSPS) is 23.7. The molecule has 18 heavy (non-hydrogen) atoms. The predicted octanol–water partition coefficient (Wildman–Crippen LogP) is 2.92. The Morgan fingerprint density at radius 3 is 2.94 bits per heavy atom. The van der Waals surface area contributed by atoms with Gasteiger partial charge in [0.25, 0.3) is 0 Å². The molecule has 0 aliphatic carbocycles. The molecule has 3 nitrogen and oxygen atoms in total. The van der Waals surface area contributed by atoms with Crippen LogP contribution in [0.2, 0.25) is 0 Å². The van der Waals surface area contributed by atoms with Crippen LogP contribution in [-0.2, 0) is 0 Å². The second kappa shape index (κ2) is 4.25. The largest absolute Gasteiger partial charge is 0.453 e. The van der Waals surface area contributed by atoms with Crippen molar-refractivity contribution >= 4 is 16.8 Å². The maximum absolute atomic E-state index is 12.4. The number of Topliss-reactive ketones (excluding diaryl/α,β-unsaturated/α-hetero) is 1. The molecule has 0 radical (unpaired) electrons. The van der Waals surface area contributed by atoms with Gasteiger partial charge >= 0.3 is 0 Å². The summed E-state index contributed by atoms with van der Waals surface area (Å²) in [6.45, 7) is 4.97. The van der Waals surface area contributed by atoms with Crippen molar-refractivity contribution in [1.82, 2.24) is 5.32 Å². The number of aryl methyl sites for hydroxylation is 1. The van der Waals surface area contributed by atoms with E-state index >= 15 is 0 Å². The van der Waals surface area contributed by atoms with Gasteiger partial charge in [-0.15, -0.1) is 0 Å². The number of furan rings is 1. The molecule has 1 aliphatic heterocycles. The molecule has 3 heteroatoms. The van der Waals surface area contributed by atoms with Crippen LogP contribution in [0.5, 0.6) is 0 Å². The van der Waals surface area contributed by atoms with Crippen molar-refractivity contribution in [3.8, 4) is 0 Å². The molecule has 0 amide bonds. The zero-order valence-corrected chi connectivity index (χ0v) is 10.7. The standard InChI is InChI=1S/C15H17NO2/c1-9-4-3-5-11-8-13(18-15(9)11)14(17)12-6-7-16-10(12)2/h3-5,8,10,12,16H,6-7H2,1-2H3. The van der Waals surface area contributed by atoms with Gasteiger partial charge in [0.2, 0.25) is 5.78 Å². The SMILES string of the molecule is Cc1cccc2cc(C(=O)C3CCNC3C)oc12. The molecule has 1 N–H and O–H groups in total. The van der Waals surface area contributed by atoms with E-state index in [9.17, 15) is 4.79 Å². The van der Waals surface area contributed by atoms with Crippen LogP contribution >= 0.6 is 0 Å². The van der Waals surface area contributed by atoms with E-state index in [0.29, 0.717) is 5.76 Å². The van der Waals surface area contributed by atoms with Gasteiger partial charge < -0.3 is 9.73 Å². The first-order valence-corrected chi connectivity index (χ1v) is 6.43. The third-order valence-corrected chi connectivity index (χ3v) is 3.85. The first kappa shape index (κ1) is 11.5. The molecule has 2 aromatic rings. The number of para-hydroxylation sites is 1. The molecular weight excluding hydrogens is 226 g/mol. The van der Waals surface area contributed by atoms with Crippen LogP contribution in [-0.4, -0.2) is 18.4 Å². The summed E-state index contributed by atoms with van der Waals surface area (Å²) in [5.41, 5.74) is 1.91. The fraction of sp³-hybridized carbons (Fsp3) is 0.400. The van der Waals surface area contributed by atoms with E-state index in [1.807, 2.05) is 31.2 Å². The van der Waals surface area contributed by atoms with Crippen LogP contribution < -0.4 is 5.32 Å². The van der Waals surface area contributed by atoms with Crippen molar-refractivity contribution < 1.29 is 9.21 Å². The average molecular weight is 243 g/mol. The smallest absolute Gasteiger partial charge is 0.202 e. The predicted molar refractivity (Wildman–Crippen MR) is 70.9 cm³/mol. The van der Waals surface area contributed by atoms with Gasteiger partial charge in [0.15, 0.2) is 5.76 Å². The highest BCUT2D eigenvalue weighted by Gasteiger charge is 2.31. The van der Waals surface area contributed by atoms with Crippen molar-refractivity contribution in [2.24, 2.45) is 5.92 Å². The lowest BCUT2D eigenvalue weighted by molar-refractivity contribution is 0.0887. The maximum Gasteiger partial charge on any atom is 0.202 e. The summed E-state index contributed by atoms with van der Waals surface area (Å²) in [4.78, 5) is 12.4. The van der Waals surface area contributed by atoms with Crippen LogP contribution in [0.3, 0.4) is 0 Å². The Labute approximate surface area is 106 Å². The number of hydrogen-bond donors (Lipinski definition) is 1. The molecule has 1 aromatic heterocycles. The van der Waals surface area contributed by atoms with Gasteiger partial charge in [0.1, 0.15) is 5.58 Å². The highest BCUT2D eigenvalue weighted by atomic mass is 16.3. The van der Waals surface area contributed by atoms with E-state index in [0.717, 1.165) is 29.5 Å². The van der Waals surface area contributed by atoms with Gasteiger partial charge in [-0.1, -0.05) is 18.2 Å².